The van der Waals surface area contributed by atoms with Crippen molar-refractivity contribution in [3.05, 3.63) is 49.8 Å². The lowest BCUT2D eigenvalue weighted by atomic mass is 10.3. The highest BCUT2D eigenvalue weighted by Crippen LogP contribution is 2.31. The van der Waals surface area contributed by atoms with Crippen LogP contribution in [0.5, 0.6) is 5.75 Å². The highest BCUT2D eigenvalue weighted by Gasteiger charge is 2.19. The number of phenolic OH excluding ortho intramolecular Hbond substituents is 1. The lowest BCUT2D eigenvalue weighted by Gasteiger charge is -2.11. The fourth-order valence-electron chi connectivity index (χ4n) is 1.47. The highest BCUT2D eigenvalue weighted by molar-refractivity contribution is 9.11. The van der Waals surface area contributed by atoms with E-state index in [4.69, 9.17) is 0 Å². The summed E-state index contributed by atoms with van der Waals surface area (Å²) in [6.45, 7) is 0. The molecule has 0 aliphatic heterocycles. The van der Waals surface area contributed by atoms with Crippen LogP contribution >= 0.6 is 47.8 Å². The zero-order valence-corrected chi connectivity index (χ0v) is 15.3. The molecule has 0 heterocycles. The Hall–Kier alpha value is -0.570. The van der Waals surface area contributed by atoms with Crippen molar-refractivity contribution in [2.45, 2.75) is 4.90 Å². The third kappa shape index (κ3) is 3.55. The third-order valence-electron chi connectivity index (χ3n) is 2.39. The molecule has 0 aliphatic rings. The minimum absolute atomic E-state index is 0.0752. The van der Waals surface area contributed by atoms with Gasteiger partial charge in [-0.1, -0.05) is 31.9 Å². The Morgan fingerprint density at radius 3 is 2.25 bits per heavy atom. The molecule has 2 N–H and O–H groups in total. The number of rotatable bonds is 3. The molecule has 0 bridgehead atoms. The molecule has 0 amide bonds. The molecule has 0 radical (unpaired) electrons. The molecule has 106 valence electrons. The Morgan fingerprint density at radius 1 is 0.950 bits per heavy atom. The van der Waals surface area contributed by atoms with Crippen LogP contribution in [0.4, 0.5) is 5.69 Å². The van der Waals surface area contributed by atoms with Crippen molar-refractivity contribution in [1.82, 2.24) is 0 Å². The number of phenols is 1. The first-order valence-corrected chi connectivity index (χ1v) is 9.12. The Balaban J connectivity index is 2.46. The SMILES string of the molecule is O=S(=O)(Nc1cc(Br)ccc1O)c1cc(Br)ccc1Br. The van der Waals surface area contributed by atoms with Gasteiger partial charge >= 0.3 is 0 Å². The van der Waals surface area contributed by atoms with Gasteiger partial charge in [-0.15, -0.1) is 0 Å². The molecule has 0 saturated heterocycles. The minimum Gasteiger partial charge on any atom is -0.506 e. The summed E-state index contributed by atoms with van der Waals surface area (Å²) in [4.78, 5) is 0.0752. The van der Waals surface area contributed by atoms with Crippen molar-refractivity contribution in [1.29, 1.82) is 0 Å². The van der Waals surface area contributed by atoms with Gasteiger partial charge in [0.1, 0.15) is 10.6 Å². The molecule has 0 unspecified atom stereocenters. The predicted molar refractivity (Wildman–Crippen MR) is 88.5 cm³/mol. The number of halogens is 3. The van der Waals surface area contributed by atoms with Crippen LogP contribution in [-0.2, 0) is 10.0 Å². The third-order valence-corrected chi connectivity index (χ3v) is 5.73. The lowest BCUT2D eigenvalue weighted by molar-refractivity contribution is 0.477. The molecule has 2 rings (SSSR count). The minimum atomic E-state index is -3.81. The first kappa shape index (κ1) is 15.8. The van der Waals surface area contributed by atoms with Gasteiger partial charge in [0.2, 0.25) is 0 Å². The van der Waals surface area contributed by atoms with Crippen molar-refractivity contribution in [2.24, 2.45) is 0 Å². The molecule has 0 fully saturated rings. The van der Waals surface area contributed by atoms with Gasteiger partial charge in [0.05, 0.1) is 5.69 Å². The Labute approximate surface area is 141 Å². The van der Waals surface area contributed by atoms with Gasteiger partial charge < -0.3 is 5.11 Å². The van der Waals surface area contributed by atoms with Crippen LogP contribution in [0.1, 0.15) is 0 Å². The Morgan fingerprint density at radius 2 is 1.55 bits per heavy atom. The van der Waals surface area contributed by atoms with E-state index in [1.165, 1.54) is 18.2 Å². The normalized spacial score (nSPS) is 11.3. The standard InChI is InChI=1S/C12H8Br3NO3S/c13-7-2-4-11(17)10(5-7)16-20(18,19)12-6-8(14)1-3-9(12)15/h1-6,16-17H. The van der Waals surface area contributed by atoms with E-state index >= 15 is 0 Å². The van der Waals surface area contributed by atoms with Crippen LogP contribution < -0.4 is 4.72 Å². The largest absolute Gasteiger partial charge is 0.506 e. The molecule has 0 saturated carbocycles. The second-order valence-corrected chi connectivity index (χ2v) is 8.18. The molecule has 0 aliphatic carbocycles. The Kier molecular flexibility index (Phi) is 4.78. The fraction of sp³-hybridized carbons (Fsp3) is 0. The van der Waals surface area contributed by atoms with Gasteiger partial charge in [-0.05, 0) is 52.3 Å². The van der Waals surface area contributed by atoms with Crippen molar-refractivity contribution >= 4 is 63.5 Å². The molecule has 0 atom stereocenters. The predicted octanol–water partition coefficient (Wildman–Crippen LogP) is 4.48. The molecule has 4 nitrogen and oxygen atoms in total. The highest BCUT2D eigenvalue weighted by atomic mass is 79.9. The molecule has 8 heteroatoms. The monoisotopic (exact) mass is 483 g/mol. The molecule has 20 heavy (non-hydrogen) atoms. The van der Waals surface area contributed by atoms with Crippen LogP contribution in [0.3, 0.4) is 0 Å². The average Bonchev–Trinajstić information content (AvgIpc) is 2.36. The summed E-state index contributed by atoms with van der Waals surface area (Å²) >= 11 is 9.65. The molecule has 0 spiro atoms. The number of hydrogen-bond donors (Lipinski definition) is 2. The first-order chi connectivity index (χ1) is 9.29. The van der Waals surface area contributed by atoms with E-state index < -0.39 is 10.0 Å². The molecule has 2 aromatic rings. The maximum absolute atomic E-state index is 12.3. The van der Waals surface area contributed by atoms with Crippen molar-refractivity contribution in [3.63, 3.8) is 0 Å². The van der Waals surface area contributed by atoms with Crippen LogP contribution in [0.2, 0.25) is 0 Å². The van der Waals surface area contributed by atoms with E-state index in [-0.39, 0.29) is 16.3 Å². The van der Waals surface area contributed by atoms with Crippen molar-refractivity contribution in [2.75, 3.05) is 4.72 Å². The fourth-order valence-corrected chi connectivity index (χ4v) is 4.40. The van der Waals surface area contributed by atoms with Gasteiger partial charge in [-0.3, -0.25) is 4.72 Å². The van der Waals surface area contributed by atoms with Crippen molar-refractivity contribution in [3.8, 4) is 5.75 Å². The van der Waals surface area contributed by atoms with E-state index in [0.29, 0.717) is 13.4 Å². The number of nitrogens with one attached hydrogen (secondary N) is 1. The quantitative estimate of drug-likeness (QED) is 0.630. The summed E-state index contributed by atoms with van der Waals surface area (Å²) in [6, 6.07) is 9.32. The molecular formula is C12H8Br3NO3S. The lowest BCUT2D eigenvalue weighted by Crippen LogP contribution is -2.13. The second-order valence-electron chi connectivity index (χ2n) is 3.84. The van der Waals surface area contributed by atoms with E-state index in [1.807, 2.05) is 0 Å². The van der Waals surface area contributed by atoms with Crippen LogP contribution in [0.15, 0.2) is 54.7 Å². The van der Waals surface area contributed by atoms with Crippen LogP contribution in [0, 0.1) is 0 Å². The number of hydrogen-bond acceptors (Lipinski definition) is 3. The van der Waals surface area contributed by atoms with Gasteiger partial charge in [0.15, 0.2) is 0 Å². The summed E-state index contributed by atoms with van der Waals surface area (Å²) < 4.78 is 28.8. The zero-order chi connectivity index (χ0) is 14.9. The summed E-state index contributed by atoms with van der Waals surface area (Å²) in [5.41, 5.74) is 0.103. The molecular weight excluding hydrogens is 478 g/mol. The molecule has 0 aromatic heterocycles. The maximum atomic E-state index is 12.3. The van der Waals surface area contributed by atoms with E-state index in [9.17, 15) is 13.5 Å². The van der Waals surface area contributed by atoms with Gasteiger partial charge in [0, 0.05) is 13.4 Å². The van der Waals surface area contributed by atoms with E-state index in [2.05, 4.69) is 52.5 Å². The van der Waals surface area contributed by atoms with Gasteiger partial charge in [-0.25, -0.2) is 8.42 Å². The number of benzene rings is 2. The van der Waals surface area contributed by atoms with E-state index in [1.54, 1.807) is 18.2 Å². The second kappa shape index (κ2) is 6.05. The van der Waals surface area contributed by atoms with E-state index in [0.717, 1.165) is 0 Å². The summed E-state index contributed by atoms with van der Waals surface area (Å²) in [5, 5.41) is 9.70. The summed E-state index contributed by atoms with van der Waals surface area (Å²) in [5.74, 6) is -0.150. The van der Waals surface area contributed by atoms with Gasteiger partial charge in [-0.2, -0.15) is 0 Å². The summed E-state index contributed by atoms with van der Waals surface area (Å²) in [6.07, 6.45) is 0. The maximum Gasteiger partial charge on any atom is 0.263 e. The molecule has 2 aromatic carbocycles. The average molecular weight is 486 g/mol. The first-order valence-electron chi connectivity index (χ1n) is 5.26. The summed E-state index contributed by atoms with van der Waals surface area (Å²) in [7, 11) is -3.81. The van der Waals surface area contributed by atoms with Crippen LogP contribution in [-0.4, -0.2) is 13.5 Å². The zero-order valence-electron chi connectivity index (χ0n) is 9.77. The van der Waals surface area contributed by atoms with Crippen molar-refractivity contribution < 1.29 is 13.5 Å². The topological polar surface area (TPSA) is 66.4 Å². The van der Waals surface area contributed by atoms with Gasteiger partial charge in [0.25, 0.3) is 10.0 Å². The number of anilines is 1. The smallest absolute Gasteiger partial charge is 0.263 e. The Bertz CT molecular complexity index is 763. The van der Waals surface area contributed by atoms with Crippen LogP contribution in [0.25, 0.3) is 0 Å². The number of aromatic hydroxyl groups is 1. The number of sulfonamides is 1.